The van der Waals surface area contributed by atoms with Gasteiger partial charge >= 0.3 is 0 Å². The first kappa shape index (κ1) is 20.3. The number of hydrogen-bond acceptors (Lipinski definition) is 4. The molecular weight excluding hydrogens is 386 g/mol. The Balaban J connectivity index is 1.30. The third kappa shape index (κ3) is 4.02. The van der Waals surface area contributed by atoms with E-state index in [-0.39, 0.29) is 35.1 Å². The van der Waals surface area contributed by atoms with Crippen LogP contribution in [0.25, 0.3) is 0 Å². The molecule has 3 fully saturated rings. The summed E-state index contributed by atoms with van der Waals surface area (Å²) in [5.74, 6) is 0.210. The van der Waals surface area contributed by atoms with E-state index in [1.165, 1.54) is 4.90 Å². The van der Waals surface area contributed by atoms with Crippen LogP contribution in [0.15, 0.2) is 29.2 Å². The molecule has 1 saturated carbocycles. The Morgan fingerprint density at radius 2 is 1.79 bits per heavy atom. The number of hydrogen-bond donors (Lipinski definition) is 1. The quantitative estimate of drug-likeness (QED) is 0.768. The topological polar surface area (TPSA) is 69.7 Å². The highest BCUT2D eigenvalue weighted by molar-refractivity contribution is 7.98. The van der Waals surface area contributed by atoms with E-state index < -0.39 is 0 Å². The Morgan fingerprint density at radius 3 is 2.41 bits per heavy atom. The summed E-state index contributed by atoms with van der Waals surface area (Å²) >= 11 is 1.68. The lowest BCUT2D eigenvalue weighted by Crippen LogP contribution is -2.50. The first-order chi connectivity index (χ1) is 13.9. The largest absolute Gasteiger partial charge is 0.341 e. The van der Waals surface area contributed by atoms with Crippen LogP contribution in [0.3, 0.4) is 0 Å². The number of amides is 3. The maximum atomic E-state index is 12.9. The highest BCUT2D eigenvalue weighted by Crippen LogP contribution is 2.59. The van der Waals surface area contributed by atoms with Crippen LogP contribution in [-0.2, 0) is 14.4 Å². The van der Waals surface area contributed by atoms with Crippen molar-refractivity contribution in [1.29, 1.82) is 0 Å². The molecule has 3 amide bonds. The standard InChI is InChI=1S/C22H29N3O3S/c1-15(26)25-11-3-4-19(25)21(28)24-12-9-22(10-13-24)14-18(22)20(27)23-16-5-7-17(29-2)8-6-16/h5-8,18-19H,3-4,9-14H2,1-2H3,(H,23,27)/t18?,19-/m0/s1. The Morgan fingerprint density at radius 1 is 1.10 bits per heavy atom. The SMILES string of the molecule is CSc1ccc(NC(=O)C2CC23CCN(C(=O)[C@@H]2CCCN2C(C)=O)CC3)cc1. The van der Waals surface area contributed by atoms with Crippen molar-refractivity contribution < 1.29 is 14.4 Å². The number of carbonyl (C=O) groups is 3. The average molecular weight is 416 g/mol. The number of rotatable bonds is 4. The van der Waals surface area contributed by atoms with Gasteiger partial charge in [-0.05, 0) is 68.0 Å². The molecule has 1 aromatic carbocycles. The number of carbonyl (C=O) groups excluding carboxylic acids is 3. The van der Waals surface area contributed by atoms with Crippen molar-refractivity contribution in [3.8, 4) is 0 Å². The Labute approximate surface area is 176 Å². The first-order valence-electron chi connectivity index (χ1n) is 10.4. The van der Waals surface area contributed by atoms with E-state index in [1.54, 1.807) is 23.6 Å². The average Bonchev–Trinajstić information content (AvgIpc) is 3.19. The van der Waals surface area contributed by atoms with Gasteiger partial charge in [0.05, 0.1) is 0 Å². The van der Waals surface area contributed by atoms with Crippen LogP contribution in [0.2, 0.25) is 0 Å². The fourth-order valence-corrected chi connectivity index (χ4v) is 5.37. The van der Waals surface area contributed by atoms with Crippen LogP contribution in [0.5, 0.6) is 0 Å². The van der Waals surface area contributed by atoms with E-state index in [0.29, 0.717) is 19.6 Å². The molecule has 1 N–H and O–H groups in total. The number of piperidine rings is 1. The maximum absolute atomic E-state index is 12.9. The highest BCUT2D eigenvalue weighted by atomic mass is 32.2. The minimum atomic E-state index is -0.288. The molecule has 2 atom stereocenters. The maximum Gasteiger partial charge on any atom is 0.245 e. The number of nitrogens with one attached hydrogen (secondary N) is 1. The van der Waals surface area contributed by atoms with Crippen molar-refractivity contribution in [3.05, 3.63) is 24.3 Å². The molecular formula is C22H29N3O3S. The van der Waals surface area contributed by atoms with Gasteiger partial charge in [-0.2, -0.15) is 0 Å². The van der Waals surface area contributed by atoms with Gasteiger partial charge in [0.2, 0.25) is 17.7 Å². The van der Waals surface area contributed by atoms with Crippen LogP contribution in [0.1, 0.15) is 39.0 Å². The van der Waals surface area contributed by atoms with E-state index >= 15 is 0 Å². The van der Waals surface area contributed by atoms with Gasteiger partial charge in [0, 0.05) is 43.1 Å². The summed E-state index contributed by atoms with van der Waals surface area (Å²) in [7, 11) is 0. The van der Waals surface area contributed by atoms with Crippen LogP contribution >= 0.6 is 11.8 Å². The Hall–Kier alpha value is -2.02. The molecule has 2 saturated heterocycles. The van der Waals surface area contributed by atoms with Crippen LogP contribution in [0.4, 0.5) is 5.69 Å². The fraction of sp³-hybridized carbons (Fsp3) is 0.591. The Bertz CT molecular complexity index is 802. The molecule has 1 aliphatic carbocycles. The van der Waals surface area contributed by atoms with Crippen molar-refractivity contribution in [1.82, 2.24) is 9.80 Å². The van der Waals surface area contributed by atoms with Crippen LogP contribution < -0.4 is 5.32 Å². The van der Waals surface area contributed by atoms with Gasteiger partial charge in [-0.25, -0.2) is 0 Å². The van der Waals surface area contributed by atoms with Gasteiger partial charge < -0.3 is 15.1 Å². The highest BCUT2D eigenvalue weighted by Gasteiger charge is 2.59. The molecule has 0 radical (unpaired) electrons. The van der Waals surface area contributed by atoms with E-state index in [2.05, 4.69) is 5.32 Å². The molecule has 0 bridgehead atoms. The molecule has 29 heavy (non-hydrogen) atoms. The third-order valence-electron chi connectivity index (χ3n) is 6.88. The number of benzene rings is 1. The molecule has 7 heteroatoms. The molecule has 156 valence electrons. The zero-order chi connectivity index (χ0) is 20.6. The monoisotopic (exact) mass is 415 g/mol. The Kier molecular flexibility index (Phi) is 5.60. The molecule has 0 aromatic heterocycles. The minimum absolute atomic E-state index is 0.0150. The summed E-state index contributed by atoms with van der Waals surface area (Å²) < 4.78 is 0. The molecule has 2 aliphatic heterocycles. The number of likely N-dealkylation sites (tertiary alicyclic amines) is 2. The molecule has 4 rings (SSSR count). The molecule has 1 spiro atoms. The third-order valence-corrected chi connectivity index (χ3v) is 7.62. The van der Waals surface area contributed by atoms with Gasteiger partial charge in [0.15, 0.2) is 0 Å². The second-order valence-corrected chi connectivity index (χ2v) is 9.41. The lowest BCUT2D eigenvalue weighted by atomic mass is 9.90. The van der Waals surface area contributed by atoms with E-state index in [0.717, 1.165) is 37.8 Å². The summed E-state index contributed by atoms with van der Waals surface area (Å²) in [4.78, 5) is 42.2. The van der Waals surface area contributed by atoms with Gasteiger partial charge in [-0.1, -0.05) is 0 Å². The van der Waals surface area contributed by atoms with Crippen molar-refractivity contribution in [2.24, 2.45) is 11.3 Å². The summed E-state index contributed by atoms with van der Waals surface area (Å²) in [5, 5.41) is 3.05. The van der Waals surface area contributed by atoms with E-state index in [4.69, 9.17) is 0 Å². The fourth-order valence-electron chi connectivity index (χ4n) is 4.96. The van der Waals surface area contributed by atoms with Crippen LogP contribution in [0, 0.1) is 11.3 Å². The van der Waals surface area contributed by atoms with Crippen molar-refractivity contribution in [3.63, 3.8) is 0 Å². The molecule has 6 nitrogen and oxygen atoms in total. The second kappa shape index (κ2) is 8.01. The predicted octanol–water partition coefficient (Wildman–Crippen LogP) is 2.99. The summed E-state index contributed by atoms with van der Waals surface area (Å²) in [6.07, 6.45) is 6.34. The zero-order valence-corrected chi connectivity index (χ0v) is 18.0. The zero-order valence-electron chi connectivity index (χ0n) is 17.1. The van der Waals surface area contributed by atoms with E-state index in [1.807, 2.05) is 35.4 Å². The summed E-state index contributed by atoms with van der Waals surface area (Å²) in [6.45, 7) is 3.60. The summed E-state index contributed by atoms with van der Waals surface area (Å²) in [6, 6.07) is 7.63. The normalized spacial score (nSPS) is 25.2. The van der Waals surface area contributed by atoms with Crippen molar-refractivity contribution in [2.75, 3.05) is 31.2 Å². The lowest BCUT2D eigenvalue weighted by molar-refractivity contribution is -0.144. The second-order valence-electron chi connectivity index (χ2n) is 8.53. The molecule has 2 heterocycles. The predicted molar refractivity (Wildman–Crippen MR) is 114 cm³/mol. The number of nitrogens with zero attached hydrogens (tertiary/aromatic N) is 2. The van der Waals surface area contributed by atoms with Crippen molar-refractivity contribution in [2.45, 2.75) is 50.0 Å². The van der Waals surface area contributed by atoms with Gasteiger partial charge in [0.1, 0.15) is 6.04 Å². The van der Waals surface area contributed by atoms with Crippen molar-refractivity contribution >= 4 is 35.2 Å². The van der Waals surface area contributed by atoms with Crippen LogP contribution in [-0.4, -0.2) is 59.5 Å². The minimum Gasteiger partial charge on any atom is -0.341 e. The van der Waals surface area contributed by atoms with Gasteiger partial charge in [-0.3, -0.25) is 14.4 Å². The first-order valence-corrected chi connectivity index (χ1v) is 11.7. The number of thioether (sulfide) groups is 1. The van der Waals surface area contributed by atoms with E-state index in [9.17, 15) is 14.4 Å². The molecule has 1 aromatic rings. The smallest absolute Gasteiger partial charge is 0.245 e. The molecule has 3 aliphatic rings. The lowest BCUT2D eigenvalue weighted by Gasteiger charge is -2.36. The van der Waals surface area contributed by atoms with Gasteiger partial charge in [-0.15, -0.1) is 11.8 Å². The molecule has 1 unspecified atom stereocenters. The number of anilines is 1. The van der Waals surface area contributed by atoms with Gasteiger partial charge in [0.25, 0.3) is 0 Å². The summed E-state index contributed by atoms with van der Waals surface area (Å²) in [5.41, 5.74) is 0.892.